The monoisotopic (exact) mass is 302 g/mol. The first-order valence-corrected chi connectivity index (χ1v) is 7.68. The highest BCUT2D eigenvalue weighted by molar-refractivity contribution is 6.00. The second kappa shape index (κ2) is 4.77. The van der Waals surface area contributed by atoms with Crippen LogP contribution < -0.4 is 4.74 Å². The highest BCUT2D eigenvalue weighted by Crippen LogP contribution is 2.56. The molecule has 1 fully saturated rings. The number of ketones is 1. The van der Waals surface area contributed by atoms with Gasteiger partial charge in [-0.1, -0.05) is 11.1 Å². The number of benzene rings is 1. The van der Waals surface area contributed by atoms with Crippen LogP contribution in [0.1, 0.15) is 68.8 Å². The van der Waals surface area contributed by atoms with Gasteiger partial charge in [-0.2, -0.15) is 0 Å². The quantitative estimate of drug-likeness (QED) is 0.606. The molecule has 0 aromatic heterocycles. The largest absolute Gasteiger partial charge is 0.507 e. The van der Waals surface area contributed by atoms with E-state index in [4.69, 9.17) is 4.74 Å². The summed E-state index contributed by atoms with van der Waals surface area (Å²) in [6.45, 7) is 7.57. The van der Waals surface area contributed by atoms with Crippen LogP contribution >= 0.6 is 0 Å². The predicted molar refractivity (Wildman–Crippen MR) is 83.8 cm³/mol. The zero-order chi connectivity index (χ0) is 16.2. The maximum atomic E-state index is 11.8. The first-order chi connectivity index (χ1) is 10.2. The highest BCUT2D eigenvalue weighted by Gasteiger charge is 2.45. The first-order valence-electron chi connectivity index (χ1n) is 7.68. The van der Waals surface area contributed by atoms with Gasteiger partial charge in [-0.15, -0.1) is 0 Å². The Bertz CT molecular complexity index is 698. The number of ether oxygens (including phenoxy) is 1. The Morgan fingerprint density at radius 2 is 2.00 bits per heavy atom. The van der Waals surface area contributed by atoms with Gasteiger partial charge < -0.3 is 14.9 Å². The van der Waals surface area contributed by atoms with Crippen LogP contribution in [0.4, 0.5) is 0 Å². The van der Waals surface area contributed by atoms with Crippen LogP contribution in [-0.4, -0.2) is 21.6 Å². The van der Waals surface area contributed by atoms with E-state index < -0.39 is 0 Å². The molecule has 0 spiro atoms. The van der Waals surface area contributed by atoms with E-state index in [0.29, 0.717) is 11.3 Å². The molecule has 0 saturated heterocycles. The lowest BCUT2D eigenvalue weighted by Crippen LogP contribution is -2.42. The lowest BCUT2D eigenvalue weighted by molar-refractivity contribution is 0.0343. The number of fused-ring (bicyclic) bond motifs is 4. The Morgan fingerprint density at radius 1 is 1.32 bits per heavy atom. The van der Waals surface area contributed by atoms with Crippen molar-refractivity contribution in [2.24, 2.45) is 0 Å². The summed E-state index contributed by atoms with van der Waals surface area (Å²) in [5.41, 5.74) is 2.91. The van der Waals surface area contributed by atoms with Gasteiger partial charge in [0.15, 0.2) is 5.78 Å². The van der Waals surface area contributed by atoms with Crippen molar-refractivity contribution in [2.45, 2.75) is 58.5 Å². The van der Waals surface area contributed by atoms with Gasteiger partial charge >= 0.3 is 0 Å². The van der Waals surface area contributed by atoms with Crippen molar-refractivity contribution >= 4 is 5.78 Å². The van der Waals surface area contributed by atoms with Crippen LogP contribution in [0.3, 0.4) is 0 Å². The third kappa shape index (κ3) is 2.09. The molecule has 1 aromatic rings. The number of aromatic hydroxyl groups is 2. The van der Waals surface area contributed by atoms with E-state index in [1.165, 1.54) is 24.1 Å². The molecule has 1 aliphatic heterocycles. The fourth-order valence-electron chi connectivity index (χ4n) is 3.88. The number of hydrogen-bond acceptors (Lipinski definition) is 4. The fraction of sp³-hybridized carbons (Fsp3) is 0.500. The zero-order valence-electron chi connectivity index (χ0n) is 13.5. The average molecular weight is 302 g/mol. The maximum Gasteiger partial charge on any atom is 0.167 e. The fourth-order valence-corrected chi connectivity index (χ4v) is 3.88. The van der Waals surface area contributed by atoms with Crippen molar-refractivity contribution in [1.29, 1.82) is 0 Å². The third-order valence-electron chi connectivity index (χ3n) is 4.96. The number of carbonyl (C=O) groups excluding carboxylic acids is 1. The summed E-state index contributed by atoms with van der Waals surface area (Å²) in [6, 6.07) is 1.48. The summed E-state index contributed by atoms with van der Waals surface area (Å²) in [6.07, 6.45) is 2.63. The molecular formula is C18H22O4. The molecule has 1 aromatic carbocycles. The van der Waals surface area contributed by atoms with Crippen molar-refractivity contribution in [3.05, 3.63) is 28.3 Å². The van der Waals surface area contributed by atoms with Gasteiger partial charge in [-0.3, -0.25) is 4.79 Å². The van der Waals surface area contributed by atoms with E-state index in [1.807, 2.05) is 0 Å². The Morgan fingerprint density at radius 3 is 2.59 bits per heavy atom. The summed E-state index contributed by atoms with van der Waals surface area (Å²) in [5.74, 6) is -0.148. The minimum Gasteiger partial charge on any atom is -0.507 e. The molecule has 0 radical (unpaired) electrons. The number of Topliss-reactive ketones (excluding diaryl/α,β-unsaturated/α-hetero) is 1. The van der Waals surface area contributed by atoms with E-state index in [-0.39, 0.29) is 34.4 Å². The van der Waals surface area contributed by atoms with Crippen LogP contribution in [0.5, 0.6) is 17.2 Å². The summed E-state index contributed by atoms with van der Waals surface area (Å²) < 4.78 is 6.06. The number of rotatable bonds is 1. The number of carbonyl (C=O) groups is 1. The number of allylic oxidation sites excluding steroid dienone is 2. The summed E-state index contributed by atoms with van der Waals surface area (Å²) >= 11 is 0. The summed E-state index contributed by atoms with van der Waals surface area (Å²) in [4.78, 5) is 11.8. The minimum atomic E-state index is -0.347. The molecule has 4 nitrogen and oxygen atoms in total. The highest BCUT2D eigenvalue weighted by atomic mass is 16.5. The smallest absolute Gasteiger partial charge is 0.167 e. The molecule has 2 aliphatic rings. The van der Waals surface area contributed by atoms with Gasteiger partial charge in [0, 0.05) is 17.5 Å². The maximum absolute atomic E-state index is 11.8. The van der Waals surface area contributed by atoms with Crippen LogP contribution in [0.15, 0.2) is 17.2 Å². The van der Waals surface area contributed by atoms with Crippen molar-refractivity contribution in [3.8, 4) is 17.2 Å². The van der Waals surface area contributed by atoms with Crippen molar-refractivity contribution in [3.63, 3.8) is 0 Å². The lowest BCUT2D eigenvalue weighted by Gasteiger charge is -2.46. The first kappa shape index (κ1) is 14.9. The SMILES string of the molecule is CC(=O)c1c(O)cc2c(c1O)C1CC(C)(CCC1=C(C)C)O2. The Kier molecular flexibility index (Phi) is 3.24. The molecule has 1 saturated carbocycles. The molecule has 1 aliphatic carbocycles. The van der Waals surface area contributed by atoms with Crippen LogP contribution in [0.2, 0.25) is 0 Å². The average Bonchev–Trinajstić information content (AvgIpc) is 2.35. The molecule has 2 N–H and O–H groups in total. The standard InChI is InChI=1S/C18H22O4/c1-9(2)11-5-6-18(4)8-12(11)16-14(22-18)7-13(20)15(10(3)19)17(16)21/h7,12,20-21H,5-6,8H2,1-4H3. The second-order valence-corrected chi connectivity index (χ2v) is 6.92. The van der Waals surface area contributed by atoms with Crippen LogP contribution in [0, 0.1) is 0 Å². The van der Waals surface area contributed by atoms with E-state index in [0.717, 1.165) is 19.3 Å². The van der Waals surface area contributed by atoms with E-state index in [1.54, 1.807) is 0 Å². The molecular weight excluding hydrogens is 280 g/mol. The topological polar surface area (TPSA) is 66.8 Å². The van der Waals surface area contributed by atoms with E-state index in [9.17, 15) is 15.0 Å². The van der Waals surface area contributed by atoms with Gasteiger partial charge in [-0.05, 0) is 47.0 Å². The normalized spacial score (nSPS) is 26.2. The number of phenolic OH excluding ortho intramolecular Hbond substituents is 2. The molecule has 4 heteroatoms. The van der Waals surface area contributed by atoms with Gasteiger partial charge in [-0.25, -0.2) is 0 Å². The van der Waals surface area contributed by atoms with Gasteiger partial charge in [0.1, 0.15) is 28.4 Å². The molecule has 2 atom stereocenters. The molecule has 2 bridgehead atoms. The molecule has 22 heavy (non-hydrogen) atoms. The van der Waals surface area contributed by atoms with Gasteiger partial charge in [0.25, 0.3) is 0 Å². The zero-order valence-corrected chi connectivity index (χ0v) is 13.5. The third-order valence-corrected chi connectivity index (χ3v) is 4.96. The summed E-state index contributed by atoms with van der Waals surface area (Å²) in [7, 11) is 0. The molecule has 1 heterocycles. The van der Waals surface area contributed by atoms with Crippen molar-refractivity contribution < 1.29 is 19.7 Å². The minimum absolute atomic E-state index is 0.00960. The van der Waals surface area contributed by atoms with Gasteiger partial charge in [0.2, 0.25) is 0 Å². The van der Waals surface area contributed by atoms with Crippen molar-refractivity contribution in [2.75, 3.05) is 0 Å². The lowest BCUT2D eigenvalue weighted by atomic mass is 9.69. The molecule has 0 amide bonds. The Labute approximate surface area is 130 Å². The van der Waals surface area contributed by atoms with Crippen molar-refractivity contribution in [1.82, 2.24) is 0 Å². The van der Waals surface area contributed by atoms with E-state index in [2.05, 4.69) is 20.8 Å². The number of phenols is 2. The molecule has 118 valence electrons. The molecule has 2 unspecified atom stereocenters. The second-order valence-electron chi connectivity index (χ2n) is 6.92. The molecule has 3 rings (SSSR count). The predicted octanol–water partition coefficient (Wildman–Crippen LogP) is 4.06. The van der Waals surface area contributed by atoms with Crippen LogP contribution in [-0.2, 0) is 0 Å². The Hall–Kier alpha value is -1.97. The Balaban J connectivity index is 2.28. The van der Waals surface area contributed by atoms with E-state index >= 15 is 0 Å². The number of hydrogen-bond donors (Lipinski definition) is 2. The van der Waals surface area contributed by atoms with Gasteiger partial charge in [0.05, 0.1) is 0 Å². The van der Waals surface area contributed by atoms with Crippen LogP contribution in [0.25, 0.3) is 0 Å². The summed E-state index contributed by atoms with van der Waals surface area (Å²) in [5, 5.41) is 20.7.